The minimum atomic E-state index is -0.392. The first-order valence-electron chi connectivity index (χ1n) is 5.79. The molecule has 0 amide bonds. The summed E-state index contributed by atoms with van der Waals surface area (Å²) in [6.07, 6.45) is 0.139. The van der Waals surface area contributed by atoms with Crippen molar-refractivity contribution in [3.63, 3.8) is 0 Å². The van der Waals surface area contributed by atoms with Gasteiger partial charge in [-0.15, -0.1) is 0 Å². The standard InChI is InChI=1S/C12H17BrN2O3/c1-3-18-9(2)7-14-8-10-4-5-11(13)12(6-10)15(16)17/h4-6,9,14H,3,7-8H2,1-2H3. The first kappa shape index (κ1) is 15.1. The molecular weight excluding hydrogens is 300 g/mol. The van der Waals surface area contributed by atoms with E-state index in [1.165, 1.54) is 0 Å². The number of hydrogen-bond acceptors (Lipinski definition) is 4. The second-order valence-electron chi connectivity index (χ2n) is 3.94. The third kappa shape index (κ3) is 4.72. The summed E-state index contributed by atoms with van der Waals surface area (Å²) in [5.74, 6) is 0. The maximum absolute atomic E-state index is 10.8. The molecule has 0 aliphatic carbocycles. The zero-order valence-electron chi connectivity index (χ0n) is 10.5. The van der Waals surface area contributed by atoms with Crippen LogP contribution in [0.3, 0.4) is 0 Å². The van der Waals surface area contributed by atoms with Gasteiger partial charge in [-0.25, -0.2) is 0 Å². The van der Waals surface area contributed by atoms with Crippen LogP contribution in [0.15, 0.2) is 22.7 Å². The lowest BCUT2D eigenvalue weighted by molar-refractivity contribution is -0.385. The number of nitrogens with one attached hydrogen (secondary N) is 1. The molecule has 5 nitrogen and oxygen atoms in total. The largest absolute Gasteiger partial charge is 0.377 e. The number of halogens is 1. The number of nitro groups is 1. The van der Waals surface area contributed by atoms with Crippen LogP contribution in [0.4, 0.5) is 5.69 Å². The van der Waals surface area contributed by atoms with Crippen molar-refractivity contribution in [2.45, 2.75) is 26.5 Å². The van der Waals surface area contributed by atoms with Crippen LogP contribution in [0.25, 0.3) is 0 Å². The van der Waals surface area contributed by atoms with Crippen molar-refractivity contribution in [2.75, 3.05) is 13.2 Å². The average molecular weight is 317 g/mol. The van der Waals surface area contributed by atoms with Crippen LogP contribution in [0.5, 0.6) is 0 Å². The number of hydrogen-bond donors (Lipinski definition) is 1. The number of nitrogens with zero attached hydrogens (tertiary/aromatic N) is 1. The summed E-state index contributed by atoms with van der Waals surface area (Å²) in [6.45, 7) is 5.94. The Hall–Kier alpha value is -0.980. The lowest BCUT2D eigenvalue weighted by atomic mass is 10.2. The summed E-state index contributed by atoms with van der Waals surface area (Å²) in [6, 6.07) is 5.12. The first-order chi connectivity index (χ1) is 8.54. The minimum Gasteiger partial charge on any atom is -0.377 e. The Morgan fingerprint density at radius 1 is 1.56 bits per heavy atom. The molecule has 0 radical (unpaired) electrons. The Labute approximate surface area is 115 Å². The van der Waals surface area contributed by atoms with Crippen molar-refractivity contribution in [1.82, 2.24) is 5.32 Å². The van der Waals surface area contributed by atoms with Crippen molar-refractivity contribution in [2.24, 2.45) is 0 Å². The van der Waals surface area contributed by atoms with Gasteiger partial charge in [-0.2, -0.15) is 0 Å². The van der Waals surface area contributed by atoms with Gasteiger partial charge in [-0.3, -0.25) is 10.1 Å². The zero-order valence-corrected chi connectivity index (χ0v) is 12.1. The van der Waals surface area contributed by atoms with E-state index in [4.69, 9.17) is 4.74 Å². The van der Waals surface area contributed by atoms with Crippen LogP contribution in [-0.4, -0.2) is 24.2 Å². The molecular formula is C12H17BrN2O3. The van der Waals surface area contributed by atoms with E-state index >= 15 is 0 Å². The molecule has 100 valence electrons. The highest BCUT2D eigenvalue weighted by molar-refractivity contribution is 9.10. The molecule has 1 rings (SSSR count). The van der Waals surface area contributed by atoms with E-state index in [9.17, 15) is 10.1 Å². The fraction of sp³-hybridized carbons (Fsp3) is 0.500. The third-order valence-electron chi connectivity index (χ3n) is 2.42. The molecule has 0 aliphatic heterocycles. The van der Waals surface area contributed by atoms with Crippen molar-refractivity contribution in [3.05, 3.63) is 38.3 Å². The first-order valence-corrected chi connectivity index (χ1v) is 6.59. The van der Waals surface area contributed by atoms with E-state index in [2.05, 4.69) is 21.2 Å². The molecule has 0 bridgehead atoms. The van der Waals surface area contributed by atoms with Crippen LogP contribution in [0.2, 0.25) is 0 Å². The third-order valence-corrected chi connectivity index (χ3v) is 3.09. The number of rotatable bonds is 7. The second-order valence-corrected chi connectivity index (χ2v) is 4.79. The molecule has 1 aromatic rings. The highest BCUT2D eigenvalue weighted by atomic mass is 79.9. The molecule has 0 saturated carbocycles. The van der Waals surface area contributed by atoms with Gasteiger partial charge in [0, 0.05) is 25.8 Å². The van der Waals surface area contributed by atoms with E-state index in [0.717, 1.165) is 12.1 Å². The van der Waals surface area contributed by atoms with Gasteiger partial charge in [0.05, 0.1) is 15.5 Å². The predicted octanol–water partition coefficient (Wildman–Crippen LogP) is 2.87. The smallest absolute Gasteiger partial charge is 0.283 e. The second kappa shape index (κ2) is 7.45. The highest BCUT2D eigenvalue weighted by Gasteiger charge is 2.12. The normalized spacial score (nSPS) is 12.4. The molecule has 0 aliphatic rings. The molecule has 1 unspecified atom stereocenters. The molecule has 0 aromatic heterocycles. The Morgan fingerprint density at radius 3 is 2.89 bits per heavy atom. The van der Waals surface area contributed by atoms with Gasteiger partial charge in [-0.05, 0) is 41.4 Å². The monoisotopic (exact) mass is 316 g/mol. The maximum Gasteiger partial charge on any atom is 0.283 e. The van der Waals surface area contributed by atoms with Crippen molar-refractivity contribution < 1.29 is 9.66 Å². The van der Waals surface area contributed by atoms with Gasteiger partial charge in [0.1, 0.15) is 0 Å². The predicted molar refractivity (Wildman–Crippen MR) is 73.6 cm³/mol. The summed E-state index contributed by atoms with van der Waals surface area (Å²) in [7, 11) is 0. The summed E-state index contributed by atoms with van der Waals surface area (Å²) in [5, 5.41) is 14.0. The summed E-state index contributed by atoms with van der Waals surface area (Å²) < 4.78 is 5.88. The molecule has 0 saturated heterocycles. The molecule has 1 N–H and O–H groups in total. The fourth-order valence-electron chi connectivity index (χ4n) is 1.57. The summed E-state index contributed by atoms with van der Waals surface area (Å²) >= 11 is 3.16. The Kier molecular flexibility index (Phi) is 6.24. The molecule has 1 atom stereocenters. The molecule has 6 heteroatoms. The van der Waals surface area contributed by atoms with Crippen molar-refractivity contribution in [3.8, 4) is 0 Å². The van der Waals surface area contributed by atoms with Gasteiger partial charge in [0.25, 0.3) is 5.69 Å². The quantitative estimate of drug-likeness (QED) is 0.620. The number of nitro benzene ring substituents is 1. The lowest BCUT2D eigenvalue weighted by Gasteiger charge is -2.12. The van der Waals surface area contributed by atoms with Crippen LogP contribution in [0.1, 0.15) is 19.4 Å². The molecule has 1 aromatic carbocycles. The average Bonchev–Trinajstić information content (AvgIpc) is 2.31. The van der Waals surface area contributed by atoms with Crippen LogP contribution >= 0.6 is 15.9 Å². The van der Waals surface area contributed by atoms with Crippen LogP contribution in [-0.2, 0) is 11.3 Å². The van der Waals surface area contributed by atoms with Gasteiger partial charge < -0.3 is 10.1 Å². The Morgan fingerprint density at radius 2 is 2.28 bits per heavy atom. The van der Waals surface area contributed by atoms with E-state index in [1.54, 1.807) is 12.1 Å². The van der Waals surface area contributed by atoms with Crippen molar-refractivity contribution >= 4 is 21.6 Å². The fourth-order valence-corrected chi connectivity index (χ4v) is 1.96. The van der Waals surface area contributed by atoms with Crippen LogP contribution in [0, 0.1) is 10.1 Å². The van der Waals surface area contributed by atoms with Gasteiger partial charge in [-0.1, -0.05) is 6.07 Å². The van der Waals surface area contributed by atoms with Gasteiger partial charge >= 0.3 is 0 Å². The van der Waals surface area contributed by atoms with E-state index in [0.29, 0.717) is 17.6 Å². The van der Waals surface area contributed by atoms with E-state index in [1.807, 2.05) is 19.9 Å². The number of ether oxygens (including phenoxy) is 1. The summed E-state index contributed by atoms with van der Waals surface area (Å²) in [4.78, 5) is 10.4. The maximum atomic E-state index is 10.8. The van der Waals surface area contributed by atoms with Crippen molar-refractivity contribution in [1.29, 1.82) is 0 Å². The zero-order chi connectivity index (χ0) is 13.5. The molecule has 18 heavy (non-hydrogen) atoms. The van der Waals surface area contributed by atoms with Gasteiger partial charge in [0.15, 0.2) is 0 Å². The number of benzene rings is 1. The van der Waals surface area contributed by atoms with E-state index in [-0.39, 0.29) is 11.8 Å². The molecule has 0 fully saturated rings. The molecule has 0 heterocycles. The minimum absolute atomic E-state index is 0.0900. The summed E-state index contributed by atoms with van der Waals surface area (Å²) in [5.41, 5.74) is 0.973. The van der Waals surface area contributed by atoms with E-state index < -0.39 is 4.92 Å². The lowest BCUT2D eigenvalue weighted by Crippen LogP contribution is -2.26. The topological polar surface area (TPSA) is 64.4 Å². The SMILES string of the molecule is CCOC(C)CNCc1ccc(Br)c([N+](=O)[O-])c1. The van der Waals surface area contributed by atoms with Crippen LogP contribution < -0.4 is 5.32 Å². The molecule has 0 spiro atoms. The van der Waals surface area contributed by atoms with Gasteiger partial charge in [0.2, 0.25) is 0 Å². The Balaban J connectivity index is 2.53. The Bertz CT molecular complexity index is 412. The highest BCUT2D eigenvalue weighted by Crippen LogP contribution is 2.25.